The molecule has 1 aliphatic heterocycles. The van der Waals surface area contributed by atoms with E-state index in [2.05, 4.69) is 6.92 Å². The Morgan fingerprint density at radius 1 is 0.962 bits per heavy atom. The summed E-state index contributed by atoms with van der Waals surface area (Å²) >= 11 is 0. The van der Waals surface area contributed by atoms with E-state index in [-0.39, 0.29) is 11.8 Å². The van der Waals surface area contributed by atoms with Crippen molar-refractivity contribution >= 4 is 11.8 Å². The van der Waals surface area contributed by atoms with Gasteiger partial charge in [0, 0.05) is 33.1 Å². The first kappa shape index (κ1) is 23.0. The number of likely N-dealkylation sites (tertiary alicyclic amines) is 1. The van der Waals surface area contributed by atoms with Crippen molar-refractivity contribution in [1.29, 1.82) is 0 Å². The van der Waals surface area contributed by atoms with Crippen LogP contribution in [-0.2, 0) is 9.59 Å². The highest BCUT2D eigenvalue weighted by atomic mass is 16.2. The Hall–Kier alpha value is -1.06. The maximum atomic E-state index is 12.6. The van der Waals surface area contributed by atoms with Crippen LogP contribution in [0.15, 0.2) is 0 Å². The van der Waals surface area contributed by atoms with Crippen LogP contribution >= 0.6 is 0 Å². The predicted octanol–water partition coefficient (Wildman–Crippen LogP) is 5.01. The van der Waals surface area contributed by atoms with Crippen LogP contribution in [0.2, 0.25) is 0 Å². The molecule has 2 amide bonds. The van der Waals surface area contributed by atoms with Crippen molar-refractivity contribution in [2.75, 3.05) is 26.7 Å². The lowest BCUT2D eigenvalue weighted by Crippen LogP contribution is -2.52. The summed E-state index contributed by atoms with van der Waals surface area (Å²) in [7, 11) is 1.86. The van der Waals surface area contributed by atoms with Gasteiger partial charge in [0.2, 0.25) is 11.8 Å². The van der Waals surface area contributed by atoms with E-state index in [0.717, 1.165) is 38.8 Å². The standard InChI is InChI=1S/C22H42N2O2/c1-5-7-8-9-10-11-12-13-14-16-20(25)24-18-15-17-22(3,19-24)21(26)23(4)6-2/h5-19H2,1-4H3. The number of amides is 2. The van der Waals surface area contributed by atoms with Crippen LogP contribution in [0.25, 0.3) is 0 Å². The predicted molar refractivity (Wildman–Crippen MR) is 109 cm³/mol. The summed E-state index contributed by atoms with van der Waals surface area (Å²) in [5.41, 5.74) is -0.406. The molecule has 0 aromatic carbocycles. The monoisotopic (exact) mass is 366 g/mol. The third kappa shape index (κ3) is 7.67. The second-order valence-electron chi connectivity index (χ2n) is 8.38. The van der Waals surface area contributed by atoms with Crippen molar-refractivity contribution in [3.63, 3.8) is 0 Å². The second-order valence-corrected chi connectivity index (χ2v) is 8.38. The molecule has 1 rings (SSSR count). The van der Waals surface area contributed by atoms with E-state index in [9.17, 15) is 9.59 Å². The van der Waals surface area contributed by atoms with E-state index in [0.29, 0.717) is 13.0 Å². The third-order valence-corrected chi connectivity index (χ3v) is 5.88. The molecule has 0 spiro atoms. The summed E-state index contributed by atoms with van der Waals surface area (Å²) in [4.78, 5) is 28.9. The number of piperidine rings is 1. The average Bonchev–Trinajstić information content (AvgIpc) is 2.65. The number of hydrogen-bond acceptors (Lipinski definition) is 2. The molecule has 26 heavy (non-hydrogen) atoms. The van der Waals surface area contributed by atoms with Gasteiger partial charge in [0.25, 0.3) is 0 Å². The molecule has 0 aliphatic carbocycles. The van der Waals surface area contributed by atoms with Crippen LogP contribution in [0.3, 0.4) is 0 Å². The number of carbonyl (C=O) groups excluding carboxylic acids is 2. The largest absolute Gasteiger partial charge is 0.346 e. The molecule has 1 unspecified atom stereocenters. The summed E-state index contributed by atoms with van der Waals surface area (Å²) < 4.78 is 0. The molecule has 0 radical (unpaired) electrons. The first-order chi connectivity index (χ1) is 12.4. The maximum absolute atomic E-state index is 12.6. The Bertz CT molecular complexity index is 424. The summed E-state index contributed by atoms with van der Waals surface area (Å²) in [6.45, 7) is 8.40. The molecule has 0 saturated carbocycles. The zero-order valence-corrected chi connectivity index (χ0v) is 17.8. The number of unbranched alkanes of at least 4 members (excludes halogenated alkanes) is 8. The molecule has 0 bridgehead atoms. The number of rotatable bonds is 12. The zero-order valence-electron chi connectivity index (χ0n) is 17.8. The maximum Gasteiger partial charge on any atom is 0.230 e. The van der Waals surface area contributed by atoms with Crippen molar-refractivity contribution in [1.82, 2.24) is 9.80 Å². The number of nitrogens with zero attached hydrogens (tertiary/aromatic N) is 2. The minimum absolute atomic E-state index is 0.181. The SMILES string of the molecule is CCCCCCCCCCCC(=O)N1CCCC(C)(C(=O)N(C)CC)C1. The molecule has 0 aromatic heterocycles. The zero-order chi connectivity index (χ0) is 19.4. The number of carbonyl (C=O) groups is 2. The Morgan fingerprint density at radius 3 is 2.12 bits per heavy atom. The van der Waals surface area contributed by atoms with Crippen LogP contribution in [0.4, 0.5) is 0 Å². The molecule has 4 heteroatoms. The van der Waals surface area contributed by atoms with E-state index < -0.39 is 5.41 Å². The van der Waals surface area contributed by atoms with Crippen molar-refractivity contribution in [3.05, 3.63) is 0 Å². The minimum Gasteiger partial charge on any atom is -0.346 e. The van der Waals surface area contributed by atoms with Gasteiger partial charge in [-0.05, 0) is 33.1 Å². The van der Waals surface area contributed by atoms with Gasteiger partial charge in [-0.15, -0.1) is 0 Å². The van der Waals surface area contributed by atoms with E-state index in [1.54, 1.807) is 4.90 Å². The van der Waals surface area contributed by atoms with Crippen LogP contribution in [0.5, 0.6) is 0 Å². The van der Waals surface area contributed by atoms with Crippen molar-refractivity contribution in [2.45, 2.75) is 97.8 Å². The lowest BCUT2D eigenvalue weighted by molar-refractivity contribution is -0.146. The average molecular weight is 367 g/mol. The fraction of sp³-hybridized carbons (Fsp3) is 0.909. The van der Waals surface area contributed by atoms with Crippen LogP contribution in [-0.4, -0.2) is 48.3 Å². The lowest BCUT2D eigenvalue weighted by Gasteiger charge is -2.41. The van der Waals surface area contributed by atoms with Crippen LogP contribution in [0.1, 0.15) is 97.8 Å². The second kappa shape index (κ2) is 12.3. The summed E-state index contributed by atoms with van der Waals surface area (Å²) in [6, 6.07) is 0. The van der Waals surface area contributed by atoms with E-state index in [4.69, 9.17) is 0 Å². The lowest BCUT2D eigenvalue weighted by atomic mass is 9.80. The summed E-state index contributed by atoms with van der Waals surface area (Å²) in [5, 5.41) is 0. The van der Waals surface area contributed by atoms with Gasteiger partial charge < -0.3 is 9.80 Å². The smallest absolute Gasteiger partial charge is 0.230 e. The third-order valence-electron chi connectivity index (χ3n) is 5.88. The number of hydrogen-bond donors (Lipinski definition) is 0. The van der Waals surface area contributed by atoms with Gasteiger partial charge in [-0.1, -0.05) is 58.3 Å². The molecule has 0 aromatic rings. The quantitative estimate of drug-likeness (QED) is 0.455. The Kier molecular flexibility index (Phi) is 10.9. The minimum atomic E-state index is -0.406. The van der Waals surface area contributed by atoms with Gasteiger partial charge in [0.15, 0.2) is 0 Å². The molecule has 1 heterocycles. The fourth-order valence-electron chi connectivity index (χ4n) is 3.98. The Labute approximate surface area is 161 Å². The molecule has 1 atom stereocenters. The van der Waals surface area contributed by atoms with Gasteiger partial charge in [-0.3, -0.25) is 9.59 Å². The van der Waals surface area contributed by atoms with E-state index >= 15 is 0 Å². The molecule has 0 N–H and O–H groups in total. The van der Waals surface area contributed by atoms with E-state index in [1.807, 2.05) is 25.8 Å². The highest BCUT2D eigenvalue weighted by molar-refractivity contribution is 5.84. The topological polar surface area (TPSA) is 40.6 Å². The van der Waals surface area contributed by atoms with Crippen LogP contribution in [0, 0.1) is 5.41 Å². The van der Waals surface area contributed by atoms with Crippen LogP contribution < -0.4 is 0 Å². The van der Waals surface area contributed by atoms with Gasteiger partial charge in [-0.2, -0.15) is 0 Å². The van der Waals surface area contributed by atoms with Gasteiger partial charge >= 0.3 is 0 Å². The molecule has 1 fully saturated rings. The van der Waals surface area contributed by atoms with E-state index in [1.165, 1.54) is 44.9 Å². The first-order valence-electron chi connectivity index (χ1n) is 11.0. The molecule has 1 aliphatic rings. The molecule has 4 nitrogen and oxygen atoms in total. The fourth-order valence-corrected chi connectivity index (χ4v) is 3.98. The highest BCUT2D eigenvalue weighted by Crippen LogP contribution is 2.31. The first-order valence-corrected chi connectivity index (χ1v) is 11.0. The van der Waals surface area contributed by atoms with Crippen molar-refractivity contribution in [3.8, 4) is 0 Å². The molecule has 152 valence electrons. The molecular formula is C22H42N2O2. The van der Waals surface area contributed by atoms with Crippen molar-refractivity contribution in [2.24, 2.45) is 5.41 Å². The Morgan fingerprint density at radius 2 is 1.54 bits per heavy atom. The van der Waals surface area contributed by atoms with Gasteiger partial charge in [0.05, 0.1) is 5.41 Å². The summed E-state index contributed by atoms with van der Waals surface area (Å²) in [5.74, 6) is 0.423. The van der Waals surface area contributed by atoms with Gasteiger partial charge in [-0.25, -0.2) is 0 Å². The molecule has 1 saturated heterocycles. The van der Waals surface area contributed by atoms with Gasteiger partial charge in [0.1, 0.15) is 0 Å². The normalized spacial score (nSPS) is 20.2. The Balaban J connectivity index is 2.25. The summed E-state index contributed by atoms with van der Waals surface area (Å²) in [6.07, 6.45) is 13.9. The highest BCUT2D eigenvalue weighted by Gasteiger charge is 2.40. The van der Waals surface area contributed by atoms with Crippen molar-refractivity contribution < 1.29 is 9.59 Å². The molecular weight excluding hydrogens is 324 g/mol.